The highest BCUT2D eigenvalue weighted by molar-refractivity contribution is 5.73. The summed E-state index contributed by atoms with van der Waals surface area (Å²) in [7, 11) is 0. The Bertz CT molecular complexity index is 313. The van der Waals surface area contributed by atoms with Crippen LogP contribution in [0.15, 0.2) is 0 Å². The third-order valence-electron chi connectivity index (χ3n) is 3.21. The minimum atomic E-state index is -1.24. The van der Waals surface area contributed by atoms with Gasteiger partial charge in [-0.2, -0.15) is 0 Å². The summed E-state index contributed by atoms with van der Waals surface area (Å²) in [5, 5.41) is 39.6. The van der Waals surface area contributed by atoms with Crippen LogP contribution in [0.3, 0.4) is 0 Å². The third kappa shape index (κ3) is 2.63. The minimum Gasteiger partial charge on any atom is -0.480 e. The molecule has 0 saturated carbocycles. The van der Waals surface area contributed by atoms with Crippen LogP contribution >= 0.6 is 0 Å². The Morgan fingerprint density at radius 1 is 1.39 bits per heavy atom. The van der Waals surface area contributed by atoms with Crippen LogP contribution in [0, 0.1) is 0 Å². The number of rotatable bonds is 4. The predicted molar refractivity (Wildman–Crippen MR) is 56.7 cm³/mol. The van der Waals surface area contributed by atoms with Gasteiger partial charge in [-0.05, 0) is 0 Å². The van der Waals surface area contributed by atoms with E-state index in [1.54, 1.807) is 0 Å². The van der Waals surface area contributed by atoms with Gasteiger partial charge in [0.25, 0.3) is 0 Å². The highest BCUT2D eigenvalue weighted by Crippen LogP contribution is 2.25. The molecule has 0 aromatic heterocycles. The van der Waals surface area contributed by atoms with E-state index in [-0.39, 0.29) is 6.42 Å². The maximum absolute atomic E-state index is 10.7. The maximum atomic E-state index is 10.7. The van der Waals surface area contributed by atoms with Crippen molar-refractivity contribution in [3.8, 4) is 0 Å². The summed E-state index contributed by atoms with van der Waals surface area (Å²) in [5.41, 5.74) is 0. The van der Waals surface area contributed by atoms with Gasteiger partial charge >= 0.3 is 5.97 Å². The topological polar surface area (TPSA) is 128 Å². The maximum Gasteiger partial charge on any atom is 0.320 e. The van der Waals surface area contributed by atoms with E-state index < -0.39 is 49.3 Å². The second-order valence-electron chi connectivity index (χ2n) is 4.50. The number of carboxylic acid groups (broad SMARTS) is 1. The second kappa shape index (κ2) is 5.47. The Hall–Kier alpha value is -0.770. The van der Waals surface area contributed by atoms with E-state index in [1.165, 1.54) is 0 Å². The Morgan fingerprint density at radius 3 is 2.61 bits per heavy atom. The lowest BCUT2D eigenvalue weighted by atomic mass is 10.1. The van der Waals surface area contributed by atoms with Gasteiger partial charge < -0.3 is 35.2 Å². The number of aliphatic hydroxyl groups is 3. The number of nitrogens with one attached hydrogen (secondary N) is 1. The highest BCUT2D eigenvalue weighted by Gasteiger charge is 2.45. The monoisotopic (exact) mass is 263 g/mol. The van der Waals surface area contributed by atoms with Crippen molar-refractivity contribution in [2.45, 2.75) is 43.2 Å². The summed E-state index contributed by atoms with van der Waals surface area (Å²) < 4.78 is 10.5. The number of aliphatic carboxylic acids is 1. The summed E-state index contributed by atoms with van der Waals surface area (Å²) in [4.78, 5) is 10.7. The standard InChI is InChI=1S/C10H17NO7/c12-3-6-7(13)8(14)10(18-6)17-4-1-5(9(15)16)11-2-4/h4-8,10-14H,1-3H2,(H,15,16)/t4-,5-,6-,7-,8+,10-/m0/s1. The second-order valence-corrected chi connectivity index (χ2v) is 4.50. The zero-order chi connectivity index (χ0) is 13.3. The lowest BCUT2D eigenvalue weighted by Crippen LogP contribution is -2.36. The van der Waals surface area contributed by atoms with Gasteiger partial charge in [-0.3, -0.25) is 4.79 Å². The molecule has 6 atom stereocenters. The molecule has 8 heteroatoms. The number of hydrogen-bond donors (Lipinski definition) is 5. The van der Waals surface area contributed by atoms with Crippen molar-refractivity contribution in [1.29, 1.82) is 0 Å². The Balaban J connectivity index is 1.86. The quantitative estimate of drug-likeness (QED) is 0.369. The van der Waals surface area contributed by atoms with Crippen LogP contribution in [0.2, 0.25) is 0 Å². The molecule has 2 rings (SSSR count). The van der Waals surface area contributed by atoms with Crippen LogP contribution < -0.4 is 5.32 Å². The molecule has 8 nitrogen and oxygen atoms in total. The summed E-state index contributed by atoms with van der Waals surface area (Å²) in [6.45, 7) is -0.0812. The number of aliphatic hydroxyl groups excluding tert-OH is 3. The van der Waals surface area contributed by atoms with Gasteiger partial charge in [-0.25, -0.2) is 0 Å². The Kier molecular flexibility index (Phi) is 4.15. The van der Waals surface area contributed by atoms with E-state index in [0.29, 0.717) is 6.54 Å². The summed E-state index contributed by atoms with van der Waals surface area (Å²) in [5.74, 6) is -0.956. The molecule has 104 valence electrons. The molecule has 2 saturated heterocycles. The summed E-state index contributed by atoms with van der Waals surface area (Å²) in [6, 6.07) is -0.674. The molecule has 0 aliphatic carbocycles. The van der Waals surface area contributed by atoms with Gasteiger partial charge in [-0.1, -0.05) is 0 Å². The molecular weight excluding hydrogens is 246 g/mol. The fraction of sp³-hybridized carbons (Fsp3) is 0.900. The normalized spacial score (nSPS) is 44.4. The van der Waals surface area contributed by atoms with Crippen LogP contribution in [-0.4, -0.2) is 76.3 Å². The van der Waals surface area contributed by atoms with Crippen LogP contribution in [0.5, 0.6) is 0 Å². The number of hydrogen-bond acceptors (Lipinski definition) is 7. The van der Waals surface area contributed by atoms with E-state index in [9.17, 15) is 15.0 Å². The molecule has 2 fully saturated rings. The van der Waals surface area contributed by atoms with Crippen LogP contribution in [0.1, 0.15) is 6.42 Å². The lowest BCUT2D eigenvalue weighted by Gasteiger charge is -2.19. The van der Waals surface area contributed by atoms with Gasteiger partial charge in [0, 0.05) is 13.0 Å². The summed E-state index contributed by atoms with van der Waals surface area (Å²) >= 11 is 0. The molecule has 2 aliphatic rings. The molecule has 2 aliphatic heterocycles. The van der Waals surface area contributed by atoms with E-state index in [2.05, 4.69) is 5.32 Å². The molecule has 0 aromatic carbocycles. The number of carboxylic acids is 1. The molecule has 18 heavy (non-hydrogen) atoms. The molecule has 5 N–H and O–H groups in total. The molecule has 0 radical (unpaired) electrons. The third-order valence-corrected chi connectivity index (χ3v) is 3.21. The lowest BCUT2D eigenvalue weighted by molar-refractivity contribution is -0.190. The highest BCUT2D eigenvalue weighted by atomic mass is 16.7. The zero-order valence-electron chi connectivity index (χ0n) is 9.60. The first-order valence-corrected chi connectivity index (χ1v) is 5.77. The van der Waals surface area contributed by atoms with Crippen LogP contribution in [-0.2, 0) is 14.3 Å². The van der Waals surface area contributed by atoms with Crippen molar-refractivity contribution in [1.82, 2.24) is 5.32 Å². The molecular formula is C10H17NO7. The molecule has 0 unspecified atom stereocenters. The van der Waals surface area contributed by atoms with Gasteiger partial charge in [0.15, 0.2) is 6.29 Å². The molecule has 0 amide bonds. The van der Waals surface area contributed by atoms with E-state index in [1.807, 2.05) is 0 Å². The Morgan fingerprint density at radius 2 is 2.11 bits per heavy atom. The summed E-state index contributed by atoms with van der Waals surface area (Å²) in [6.07, 6.45) is -4.51. The fourth-order valence-electron chi connectivity index (χ4n) is 2.16. The van der Waals surface area contributed by atoms with Gasteiger partial charge in [0.1, 0.15) is 24.4 Å². The van der Waals surface area contributed by atoms with Crippen molar-refractivity contribution >= 4 is 5.97 Å². The molecule has 2 heterocycles. The van der Waals surface area contributed by atoms with Crippen LogP contribution in [0.25, 0.3) is 0 Å². The van der Waals surface area contributed by atoms with Gasteiger partial charge in [0.05, 0.1) is 12.7 Å². The average molecular weight is 263 g/mol. The van der Waals surface area contributed by atoms with Gasteiger partial charge in [-0.15, -0.1) is 0 Å². The average Bonchev–Trinajstić information content (AvgIpc) is 2.90. The molecule has 0 bridgehead atoms. The minimum absolute atomic E-state index is 0.266. The van der Waals surface area contributed by atoms with Crippen molar-refractivity contribution in [2.24, 2.45) is 0 Å². The predicted octanol–water partition coefficient (Wildman–Crippen LogP) is -2.74. The number of ether oxygens (including phenoxy) is 2. The number of carbonyl (C=O) groups is 1. The first-order valence-electron chi connectivity index (χ1n) is 5.77. The first kappa shape index (κ1) is 13.7. The van der Waals surface area contributed by atoms with E-state index in [4.69, 9.17) is 19.7 Å². The molecule has 0 spiro atoms. The smallest absolute Gasteiger partial charge is 0.320 e. The SMILES string of the molecule is O=C(O)[C@@H]1C[C@H](O[C@H]2O[C@@H](CO)[C@H](O)[C@H]2O)CN1. The molecule has 0 aromatic rings. The first-order chi connectivity index (χ1) is 8.52. The fourth-order valence-corrected chi connectivity index (χ4v) is 2.16. The van der Waals surface area contributed by atoms with E-state index >= 15 is 0 Å². The zero-order valence-corrected chi connectivity index (χ0v) is 9.60. The van der Waals surface area contributed by atoms with E-state index in [0.717, 1.165) is 0 Å². The van der Waals surface area contributed by atoms with Crippen LogP contribution in [0.4, 0.5) is 0 Å². The van der Waals surface area contributed by atoms with Gasteiger partial charge in [0.2, 0.25) is 0 Å². The van der Waals surface area contributed by atoms with Crippen molar-refractivity contribution in [3.63, 3.8) is 0 Å². The van der Waals surface area contributed by atoms with Crippen molar-refractivity contribution < 1.29 is 34.7 Å². The Labute approximate surface area is 103 Å². The largest absolute Gasteiger partial charge is 0.480 e. The van der Waals surface area contributed by atoms with Crippen molar-refractivity contribution in [2.75, 3.05) is 13.2 Å². The van der Waals surface area contributed by atoms with Crippen molar-refractivity contribution in [3.05, 3.63) is 0 Å².